The first-order valence-corrected chi connectivity index (χ1v) is 10.9. The van der Waals surface area contributed by atoms with Crippen molar-refractivity contribution >= 4 is 15.9 Å². The van der Waals surface area contributed by atoms with Crippen LogP contribution in [0.4, 0.5) is 0 Å². The maximum atomic E-state index is 12.9. The normalized spacial score (nSPS) is 15.5. The molecule has 7 heteroatoms. The monoisotopic (exact) mass is 402 g/mol. The number of sulfonamides is 1. The highest BCUT2D eigenvalue weighted by Crippen LogP contribution is 2.21. The Hall–Kier alpha value is -2.38. The van der Waals surface area contributed by atoms with Crippen LogP contribution < -0.4 is 4.74 Å². The smallest absolute Gasteiger partial charge is 0.253 e. The average Bonchev–Trinajstić information content (AvgIpc) is 2.67. The second-order valence-electron chi connectivity index (χ2n) is 6.98. The molecule has 1 aliphatic rings. The Labute approximate surface area is 166 Å². The van der Waals surface area contributed by atoms with E-state index in [4.69, 9.17) is 4.74 Å². The average molecular weight is 403 g/mol. The zero-order valence-electron chi connectivity index (χ0n) is 16.5. The third-order valence-electron chi connectivity index (χ3n) is 4.77. The molecule has 0 bridgehead atoms. The van der Waals surface area contributed by atoms with Crippen LogP contribution in [-0.4, -0.2) is 56.3 Å². The number of benzene rings is 2. The van der Waals surface area contributed by atoms with Crippen molar-refractivity contribution < 1.29 is 17.9 Å². The lowest BCUT2D eigenvalue weighted by Crippen LogP contribution is -2.50. The minimum Gasteiger partial charge on any atom is -0.494 e. The van der Waals surface area contributed by atoms with Crippen LogP contribution in [0.15, 0.2) is 47.4 Å². The number of rotatable bonds is 5. The summed E-state index contributed by atoms with van der Waals surface area (Å²) in [5, 5.41) is 0. The van der Waals surface area contributed by atoms with Crippen molar-refractivity contribution in [2.24, 2.45) is 0 Å². The first-order chi connectivity index (χ1) is 13.3. The molecule has 1 fully saturated rings. The number of hydrogen-bond acceptors (Lipinski definition) is 4. The molecule has 0 saturated carbocycles. The van der Waals surface area contributed by atoms with E-state index in [0.29, 0.717) is 31.0 Å². The molecule has 1 saturated heterocycles. The predicted molar refractivity (Wildman–Crippen MR) is 108 cm³/mol. The molecule has 0 spiro atoms. The molecular weight excluding hydrogens is 376 g/mol. The van der Waals surface area contributed by atoms with Gasteiger partial charge in [-0.1, -0.05) is 17.2 Å². The topological polar surface area (TPSA) is 66.9 Å². The Morgan fingerprint density at radius 2 is 1.54 bits per heavy atom. The molecule has 0 aromatic heterocycles. The molecule has 0 unspecified atom stereocenters. The molecule has 2 aromatic rings. The van der Waals surface area contributed by atoms with Crippen molar-refractivity contribution in [3.63, 3.8) is 0 Å². The van der Waals surface area contributed by atoms with Crippen molar-refractivity contribution in [3.8, 4) is 5.75 Å². The van der Waals surface area contributed by atoms with E-state index < -0.39 is 10.0 Å². The summed E-state index contributed by atoms with van der Waals surface area (Å²) in [6.45, 7) is 7.66. The Morgan fingerprint density at radius 3 is 2.07 bits per heavy atom. The van der Waals surface area contributed by atoms with Crippen LogP contribution in [0.1, 0.15) is 28.4 Å². The van der Waals surface area contributed by atoms with Crippen LogP contribution >= 0.6 is 0 Å². The summed E-state index contributed by atoms with van der Waals surface area (Å²) < 4.78 is 32.6. The summed E-state index contributed by atoms with van der Waals surface area (Å²) in [5.74, 6) is 0.593. The lowest BCUT2D eigenvalue weighted by Gasteiger charge is -2.34. The van der Waals surface area contributed by atoms with E-state index in [-0.39, 0.29) is 23.9 Å². The minimum absolute atomic E-state index is 0.0510. The molecular formula is C21H26N2O4S. The highest BCUT2D eigenvalue weighted by Gasteiger charge is 2.30. The van der Waals surface area contributed by atoms with Gasteiger partial charge in [-0.15, -0.1) is 0 Å². The number of amides is 1. The fraction of sp³-hybridized carbons (Fsp3) is 0.381. The number of hydrogen-bond donors (Lipinski definition) is 0. The van der Waals surface area contributed by atoms with Crippen molar-refractivity contribution in [2.45, 2.75) is 25.7 Å². The molecule has 28 heavy (non-hydrogen) atoms. The van der Waals surface area contributed by atoms with Crippen LogP contribution in [0, 0.1) is 13.8 Å². The minimum atomic E-state index is -3.58. The van der Waals surface area contributed by atoms with E-state index in [1.165, 1.54) is 4.31 Å². The number of carbonyl (C=O) groups is 1. The van der Waals surface area contributed by atoms with Gasteiger partial charge in [0.15, 0.2) is 0 Å². The largest absolute Gasteiger partial charge is 0.494 e. The summed E-state index contributed by atoms with van der Waals surface area (Å²) in [6, 6.07) is 12.2. The van der Waals surface area contributed by atoms with Gasteiger partial charge in [0, 0.05) is 31.7 Å². The molecule has 150 valence electrons. The Bertz CT molecular complexity index is 927. The van der Waals surface area contributed by atoms with Crippen LogP contribution in [0.5, 0.6) is 5.75 Å². The van der Waals surface area contributed by atoms with Crippen molar-refractivity contribution in [1.29, 1.82) is 0 Å². The SMILES string of the molecule is CCOc1ccc(S(=O)(=O)N2CCN(C(=O)c3cc(C)cc(C)c3)CC2)cc1. The highest BCUT2D eigenvalue weighted by molar-refractivity contribution is 7.89. The van der Waals surface area contributed by atoms with Crippen LogP contribution in [0.3, 0.4) is 0 Å². The van der Waals surface area contributed by atoms with Crippen molar-refractivity contribution in [2.75, 3.05) is 32.8 Å². The first kappa shape index (κ1) is 20.4. The molecule has 0 radical (unpaired) electrons. The maximum Gasteiger partial charge on any atom is 0.253 e. The molecule has 1 heterocycles. The number of nitrogens with zero attached hydrogens (tertiary/aromatic N) is 2. The summed E-state index contributed by atoms with van der Waals surface area (Å²) in [7, 11) is -3.58. The van der Waals surface area contributed by atoms with Crippen molar-refractivity contribution in [3.05, 3.63) is 59.2 Å². The van der Waals surface area contributed by atoms with Gasteiger partial charge < -0.3 is 9.64 Å². The first-order valence-electron chi connectivity index (χ1n) is 9.42. The zero-order valence-corrected chi connectivity index (χ0v) is 17.3. The lowest BCUT2D eigenvalue weighted by molar-refractivity contribution is 0.0697. The Balaban J connectivity index is 1.67. The second-order valence-corrected chi connectivity index (χ2v) is 8.92. The highest BCUT2D eigenvalue weighted by atomic mass is 32.2. The van der Waals surface area contributed by atoms with Gasteiger partial charge in [0.05, 0.1) is 11.5 Å². The fourth-order valence-corrected chi connectivity index (χ4v) is 4.86. The molecule has 1 amide bonds. The fourth-order valence-electron chi connectivity index (χ4n) is 3.44. The summed E-state index contributed by atoms with van der Waals surface area (Å²) in [6.07, 6.45) is 0. The summed E-state index contributed by atoms with van der Waals surface area (Å²) >= 11 is 0. The molecule has 0 atom stereocenters. The van der Waals surface area contributed by atoms with Gasteiger partial charge in [0.25, 0.3) is 5.91 Å². The molecule has 1 aliphatic heterocycles. The number of aryl methyl sites for hydroxylation is 2. The molecule has 0 aliphatic carbocycles. The van der Waals surface area contributed by atoms with Crippen molar-refractivity contribution in [1.82, 2.24) is 9.21 Å². The van der Waals surface area contributed by atoms with Crippen LogP contribution in [0.2, 0.25) is 0 Å². The van der Waals surface area contributed by atoms with Gasteiger partial charge in [-0.25, -0.2) is 8.42 Å². The van der Waals surface area contributed by atoms with Crippen LogP contribution in [-0.2, 0) is 10.0 Å². The third-order valence-corrected chi connectivity index (χ3v) is 6.68. The van der Waals surface area contributed by atoms with E-state index >= 15 is 0 Å². The molecule has 2 aromatic carbocycles. The third kappa shape index (κ3) is 4.36. The van der Waals surface area contributed by atoms with Gasteiger partial charge in [-0.05, 0) is 57.2 Å². The van der Waals surface area contributed by atoms with E-state index in [9.17, 15) is 13.2 Å². The van der Waals surface area contributed by atoms with E-state index in [1.807, 2.05) is 39.0 Å². The Morgan fingerprint density at radius 1 is 0.964 bits per heavy atom. The number of piperazine rings is 1. The van der Waals surface area contributed by atoms with Gasteiger partial charge >= 0.3 is 0 Å². The van der Waals surface area contributed by atoms with Gasteiger partial charge in [-0.2, -0.15) is 4.31 Å². The quantitative estimate of drug-likeness (QED) is 0.771. The van der Waals surface area contributed by atoms with Gasteiger partial charge in [0.2, 0.25) is 10.0 Å². The zero-order chi connectivity index (χ0) is 20.3. The maximum absolute atomic E-state index is 12.9. The lowest BCUT2D eigenvalue weighted by atomic mass is 10.1. The number of ether oxygens (including phenoxy) is 1. The standard InChI is InChI=1S/C21H26N2O4S/c1-4-27-19-5-7-20(8-6-19)28(25,26)23-11-9-22(10-12-23)21(24)18-14-16(2)13-17(3)15-18/h5-8,13-15H,4,9-12H2,1-3H3. The Kier molecular flexibility index (Phi) is 6.05. The predicted octanol–water partition coefficient (Wildman–Crippen LogP) is 2.85. The summed E-state index contributed by atoms with van der Waals surface area (Å²) in [5.41, 5.74) is 2.74. The molecule has 6 nitrogen and oxygen atoms in total. The van der Waals surface area contributed by atoms with Crippen LogP contribution in [0.25, 0.3) is 0 Å². The van der Waals surface area contributed by atoms with E-state index in [0.717, 1.165) is 11.1 Å². The summed E-state index contributed by atoms with van der Waals surface area (Å²) in [4.78, 5) is 14.7. The molecule has 0 N–H and O–H groups in total. The van der Waals surface area contributed by atoms with Gasteiger partial charge in [0.1, 0.15) is 5.75 Å². The number of carbonyl (C=O) groups excluding carboxylic acids is 1. The van der Waals surface area contributed by atoms with E-state index in [2.05, 4.69) is 0 Å². The second kappa shape index (κ2) is 8.32. The van der Waals surface area contributed by atoms with E-state index in [1.54, 1.807) is 29.2 Å². The van der Waals surface area contributed by atoms with Gasteiger partial charge in [-0.3, -0.25) is 4.79 Å². The molecule has 3 rings (SSSR count).